The number of anilines is 2. The van der Waals surface area contributed by atoms with Gasteiger partial charge in [-0.1, -0.05) is 36.4 Å². The molecule has 25 N–H and O–H groups in total. The van der Waals surface area contributed by atoms with Gasteiger partial charge in [0, 0.05) is 50.1 Å². The van der Waals surface area contributed by atoms with Crippen molar-refractivity contribution in [2.24, 2.45) is 28.7 Å². The first-order valence-electron chi connectivity index (χ1n) is 20.1. The van der Waals surface area contributed by atoms with E-state index in [0.717, 1.165) is 0 Å². The fraction of sp³-hybridized carbons (Fsp3) is 0.263. The van der Waals surface area contributed by atoms with Crippen molar-refractivity contribution in [2.75, 3.05) is 23.9 Å². The van der Waals surface area contributed by atoms with Crippen LogP contribution in [0.2, 0.25) is 0 Å². The van der Waals surface area contributed by atoms with Gasteiger partial charge < -0.3 is 96.5 Å². The number of aliphatic hydroxyl groups is 1. The summed E-state index contributed by atoms with van der Waals surface area (Å²) in [6.07, 6.45) is -16.4. The lowest BCUT2D eigenvalue weighted by molar-refractivity contribution is -0.385. The number of non-ortho nitro benzene ring substituents is 1. The van der Waals surface area contributed by atoms with Gasteiger partial charge in [0.2, 0.25) is 12.1 Å². The predicted molar refractivity (Wildman–Crippen MR) is 247 cm³/mol. The summed E-state index contributed by atoms with van der Waals surface area (Å²) in [5, 5.41) is 82.7. The van der Waals surface area contributed by atoms with Gasteiger partial charge in [-0.05, 0) is 17.7 Å². The van der Waals surface area contributed by atoms with Crippen LogP contribution >= 0.6 is 0 Å². The average molecular weight is 1020 g/mol. The normalized spacial score (nSPS) is 13.3. The monoisotopic (exact) mass is 1020 g/mol. The molecule has 0 aliphatic rings. The Balaban J connectivity index is 2.04. The minimum atomic E-state index is -5.34. The highest BCUT2D eigenvalue weighted by Crippen LogP contribution is 2.40. The number of amides is 6. The van der Waals surface area contributed by atoms with Gasteiger partial charge in [0.1, 0.15) is 11.8 Å². The number of guanidine groups is 4. The highest BCUT2D eigenvalue weighted by molar-refractivity contribution is 5.99. The predicted octanol–water partition coefficient (Wildman–Crippen LogP) is -5.25. The Bertz CT molecular complexity index is 2590. The summed E-state index contributed by atoms with van der Waals surface area (Å²) < 4.78 is 43.8. The van der Waals surface area contributed by atoms with Crippen LogP contribution in [0.5, 0.6) is 5.75 Å². The molecule has 72 heavy (non-hydrogen) atoms. The zero-order valence-electron chi connectivity index (χ0n) is 37.5. The van der Waals surface area contributed by atoms with E-state index in [0.29, 0.717) is 22.7 Å². The molecule has 0 aliphatic carbocycles. The lowest BCUT2D eigenvalue weighted by Gasteiger charge is -2.33. The molecule has 0 aliphatic heterocycles. The lowest BCUT2D eigenvalue weighted by atomic mass is 10.0. The molecule has 34 heteroatoms. The van der Waals surface area contributed by atoms with E-state index in [1.807, 2.05) is 31.9 Å². The van der Waals surface area contributed by atoms with Crippen LogP contribution in [-0.4, -0.2) is 119 Å². The Morgan fingerprint density at radius 2 is 1.11 bits per heavy atom. The minimum absolute atomic E-state index is 0.109. The van der Waals surface area contributed by atoms with Crippen LogP contribution in [0.1, 0.15) is 22.7 Å². The van der Waals surface area contributed by atoms with Gasteiger partial charge in [0.05, 0.1) is 16.2 Å². The third-order valence-electron chi connectivity index (χ3n) is 9.36. The Morgan fingerprint density at radius 3 is 1.53 bits per heavy atom. The molecule has 0 saturated carbocycles. The van der Waals surface area contributed by atoms with Crippen molar-refractivity contribution in [3.8, 4) is 5.75 Å². The SMILES string of the molecule is CN(C)c1ccc(CN(c2ccc([N+](=O)[O-])cc2C(F)(F)F)C(O)C(=O)NC(C(=O)NC(NC(=N)N)C(=O)NC(NC(=N)N)C(=O)NC(NC(=N)N)C(=O)NC(NC(=N)N)C(N)=O)c2ccccc2)c(O)c1. The highest BCUT2D eigenvalue weighted by Gasteiger charge is 2.40. The van der Waals surface area contributed by atoms with Crippen molar-refractivity contribution in [1.82, 2.24) is 47.9 Å². The van der Waals surface area contributed by atoms with Crippen molar-refractivity contribution in [3.63, 3.8) is 0 Å². The number of hydrogen-bond acceptors (Lipinski definition) is 16. The van der Waals surface area contributed by atoms with E-state index >= 15 is 0 Å². The number of aromatic hydroxyl groups is 1. The summed E-state index contributed by atoms with van der Waals surface area (Å²) in [6.45, 7) is -0.869. The summed E-state index contributed by atoms with van der Waals surface area (Å²) >= 11 is 0. The molecule has 3 aromatic rings. The van der Waals surface area contributed by atoms with Crippen molar-refractivity contribution >= 4 is 76.3 Å². The van der Waals surface area contributed by atoms with Gasteiger partial charge in [-0.25, -0.2) is 0 Å². The maximum absolute atomic E-state index is 14.6. The quantitative estimate of drug-likeness (QED) is 0.0147. The first kappa shape index (κ1) is 56.4. The number of benzene rings is 3. The molecular weight excluding hydrogens is 968 g/mol. The molecule has 31 nitrogen and oxygen atoms in total. The van der Waals surface area contributed by atoms with Gasteiger partial charge in [-0.15, -0.1) is 0 Å². The zero-order chi connectivity index (χ0) is 54.4. The van der Waals surface area contributed by atoms with E-state index in [1.165, 1.54) is 48.5 Å². The largest absolute Gasteiger partial charge is 0.508 e. The standard InChI is InChI=1S/C38H50F3N21O10/c1-60(2)17-9-8-16(21(63)13-17)14-61(20-11-10-18(62(71)72)12-19(20)38(39,40)41)33(70)32(69)51-22(15-6-4-3-5-7-15)28(65)53-25(57-35(45)46)30(67)55-27(59-37(49)50)31(68)54-26(58-36(47)48)29(66)52-24(23(42)64)56-34(43)44/h3-13,22,24-27,33,63,70H,14H2,1-2H3,(H2,42,64)(H,51,69)(H,52,66)(H,53,65)(H,54,68)(H,55,67)(H4,43,44,56)(H4,45,46,57)(H4,47,48,58)(H4,49,50,59). The maximum atomic E-state index is 14.6. The van der Waals surface area contributed by atoms with Gasteiger partial charge in [-0.3, -0.25) is 60.5 Å². The number of aliphatic hydroxyl groups excluding tert-OH is 1. The number of alkyl halides is 3. The van der Waals surface area contributed by atoms with E-state index in [4.69, 9.17) is 50.3 Å². The van der Waals surface area contributed by atoms with Gasteiger partial charge in [0.25, 0.3) is 35.2 Å². The Hall–Kier alpha value is -9.89. The van der Waals surface area contributed by atoms with E-state index < -0.39 is 137 Å². The van der Waals surface area contributed by atoms with Crippen molar-refractivity contribution in [1.29, 1.82) is 21.6 Å². The number of nitrogens with one attached hydrogen (secondary N) is 13. The van der Waals surface area contributed by atoms with Crippen LogP contribution in [0.15, 0.2) is 66.7 Å². The Kier molecular flexibility index (Phi) is 19.1. The maximum Gasteiger partial charge on any atom is 0.418 e. The Labute approximate surface area is 403 Å². The fourth-order valence-corrected chi connectivity index (χ4v) is 6.07. The lowest BCUT2D eigenvalue weighted by Crippen LogP contribution is -2.68. The van der Waals surface area contributed by atoms with E-state index in [-0.39, 0.29) is 17.2 Å². The first-order chi connectivity index (χ1) is 33.5. The number of nitrogens with two attached hydrogens (primary N) is 5. The van der Waals surface area contributed by atoms with E-state index in [9.17, 15) is 62.3 Å². The number of phenols is 1. The summed E-state index contributed by atoms with van der Waals surface area (Å²) in [5.74, 6) is -12.9. The summed E-state index contributed by atoms with van der Waals surface area (Å²) in [5.41, 5.74) is 23.1. The number of nitrogens with zero attached hydrogens (tertiary/aromatic N) is 3. The molecule has 0 radical (unpaired) electrons. The molecule has 0 saturated heterocycles. The third kappa shape index (κ3) is 16.1. The number of hydrogen-bond donors (Lipinski definition) is 20. The van der Waals surface area contributed by atoms with Crippen LogP contribution in [0.3, 0.4) is 0 Å². The molecule has 0 fully saturated rings. The molecule has 388 valence electrons. The summed E-state index contributed by atoms with van der Waals surface area (Å²) in [6, 6.07) is 10.1. The Morgan fingerprint density at radius 1 is 0.653 bits per heavy atom. The summed E-state index contributed by atoms with van der Waals surface area (Å²) in [7, 11) is 3.24. The van der Waals surface area contributed by atoms with Gasteiger partial charge >= 0.3 is 6.18 Å². The number of primary amides is 1. The molecule has 6 unspecified atom stereocenters. The smallest absolute Gasteiger partial charge is 0.418 e. The number of nitro benzene ring substituents is 1. The molecule has 3 aromatic carbocycles. The molecule has 0 heterocycles. The van der Waals surface area contributed by atoms with Crippen LogP contribution < -0.4 is 86.3 Å². The molecule has 6 atom stereocenters. The van der Waals surface area contributed by atoms with Crippen molar-refractivity contribution < 1.29 is 57.1 Å². The number of carbonyl (C=O) groups is 6. The topological polar surface area (TPSA) is 526 Å². The molecule has 0 bridgehead atoms. The van der Waals surface area contributed by atoms with Crippen molar-refractivity contribution in [2.45, 2.75) is 49.7 Å². The van der Waals surface area contributed by atoms with Gasteiger partial charge in [-0.2, -0.15) is 13.2 Å². The minimum Gasteiger partial charge on any atom is -0.508 e. The van der Waals surface area contributed by atoms with Crippen molar-refractivity contribution in [3.05, 3.63) is 93.5 Å². The molecule has 0 aromatic heterocycles. The number of halogens is 3. The zero-order valence-corrected chi connectivity index (χ0v) is 37.5. The fourth-order valence-electron chi connectivity index (χ4n) is 6.07. The summed E-state index contributed by atoms with van der Waals surface area (Å²) in [4.78, 5) is 92.9. The first-order valence-corrected chi connectivity index (χ1v) is 20.1. The average Bonchev–Trinajstić information content (AvgIpc) is 3.28. The van der Waals surface area contributed by atoms with Crippen LogP contribution in [0.25, 0.3) is 0 Å². The van der Waals surface area contributed by atoms with Crippen LogP contribution in [-0.2, 0) is 41.5 Å². The second kappa shape index (κ2) is 24.4. The number of rotatable bonds is 22. The second-order valence-corrected chi connectivity index (χ2v) is 14.9. The van der Waals surface area contributed by atoms with E-state index in [2.05, 4.69) is 16.0 Å². The van der Waals surface area contributed by atoms with Crippen LogP contribution in [0, 0.1) is 31.8 Å². The second-order valence-electron chi connectivity index (χ2n) is 14.9. The molecule has 3 rings (SSSR count). The number of nitro groups is 1. The van der Waals surface area contributed by atoms with E-state index in [1.54, 1.807) is 19.0 Å². The molecule has 0 spiro atoms. The number of carbonyl (C=O) groups excluding carboxylic acids is 6. The van der Waals surface area contributed by atoms with Crippen LogP contribution in [0.4, 0.5) is 30.2 Å². The third-order valence-corrected chi connectivity index (χ3v) is 9.36. The molecule has 6 amide bonds. The van der Waals surface area contributed by atoms with Gasteiger partial charge in [0.15, 0.2) is 48.5 Å². The number of phenolic OH excluding ortho intramolecular Hbond substituents is 1. The molecular formula is C38H50F3N21O10. The highest BCUT2D eigenvalue weighted by atomic mass is 19.4.